The summed E-state index contributed by atoms with van der Waals surface area (Å²) in [5.41, 5.74) is 2.45. The van der Waals surface area contributed by atoms with Gasteiger partial charge in [-0.25, -0.2) is 15.8 Å². The number of nitrogens with zero attached hydrogens (tertiary/aromatic N) is 2. The molecule has 6 nitrogen and oxygen atoms in total. The van der Waals surface area contributed by atoms with Crippen LogP contribution < -0.4 is 16.6 Å². The number of nitrogens with two attached hydrogens (primary N) is 1. The molecule has 0 fully saturated rings. The van der Waals surface area contributed by atoms with Crippen molar-refractivity contribution >= 4 is 11.6 Å². The predicted octanol–water partition coefficient (Wildman–Crippen LogP) is -0.137. The predicted molar refractivity (Wildman–Crippen MR) is 54.7 cm³/mol. The summed E-state index contributed by atoms with van der Waals surface area (Å²) in [7, 11) is 0. The maximum absolute atomic E-state index is 8.85. The third kappa shape index (κ3) is 2.82. The quantitative estimate of drug-likeness (QED) is 0.396. The fraction of sp³-hybridized carbons (Fsp3) is 0.500. The number of aromatic nitrogens is 2. The SMILES string of the molecule is Cc1nc(NN)cc(NC(C)CO)n1. The second-order valence-electron chi connectivity index (χ2n) is 3.06. The molecule has 0 aliphatic rings. The number of hydrogen-bond donors (Lipinski definition) is 4. The van der Waals surface area contributed by atoms with E-state index in [-0.39, 0.29) is 12.6 Å². The Balaban J connectivity index is 2.81. The second kappa shape index (κ2) is 4.73. The highest BCUT2D eigenvalue weighted by Gasteiger charge is 2.03. The molecule has 1 aromatic heterocycles. The molecule has 0 aliphatic carbocycles. The van der Waals surface area contributed by atoms with Gasteiger partial charge in [0.2, 0.25) is 0 Å². The number of hydrazine groups is 1. The molecular formula is C8H15N5O. The zero-order chi connectivity index (χ0) is 10.6. The molecular weight excluding hydrogens is 182 g/mol. The molecule has 0 amide bonds. The molecule has 5 N–H and O–H groups in total. The van der Waals surface area contributed by atoms with E-state index >= 15 is 0 Å². The van der Waals surface area contributed by atoms with Crippen LogP contribution in [0.1, 0.15) is 12.7 Å². The van der Waals surface area contributed by atoms with Gasteiger partial charge in [0, 0.05) is 12.1 Å². The van der Waals surface area contributed by atoms with Crippen molar-refractivity contribution in [2.75, 3.05) is 17.3 Å². The summed E-state index contributed by atoms with van der Waals surface area (Å²) in [4.78, 5) is 8.18. The summed E-state index contributed by atoms with van der Waals surface area (Å²) >= 11 is 0. The minimum Gasteiger partial charge on any atom is -0.394 e. The number of aryl methyl sites for hydroxylation is 1. The molecule has 1 rings (SSSR count). The van der Waals surface area contributed by atoms with E-state index in [0.717, 1.165) is 0 Å². The lowest BCUT2D eigenvalue weighted by molar-refractivity contribution is 0.281. The number of rotatable bonds is 4. The fourth-order valence-electron chi connectivity index (χ4n) is 1.01. The smallest absolute Gasteiger partial charge is 0.145 e. The van der Waals surface area contributed by atoms with Gasteiger partial charge in [0.25, 0.3) is 0 Å². The molecule has 78 valence electrons. The molecule has 0 aliphatic heterocycles. The summed E-state index contributed by atoms with van der Waals surface area (Å²) in [6.45, 7) is 3.68. The number of aliphatic hydroxyl groups is 1. The van der Waals surface area contributed by atoms with E-state index in [2.05, 4.69) is 20.7 Å². The highest BCUT2D eigenvalue weighted by Crippen LogP contribution is 2.10. The molecule has 0 saturated carbocycles. The first-order valence-electron chi connectivity index (χ1n) is 4.35. The molecule has 1 atom stereocenters. The highest BCUT2D eigenvalue weighted by atomic mass is 16.3. The molecule has 1 unspecified atom stereocenters. The minimum absolute atomic E-state index is 0.0464. The molecule has 1 aromatic rings. The highest BCUT2D eigenvalue weighted by molar-refractivity contribution is 5.47. The maximum Gasteiger partial charge on any atom is 0.145 e. The van der Waals surface area contributed by atoms with E-state index in [4.69, 9.17) is 10.9 Å². The second-order valence-corrected chi connectivity index (χ2v) is 3.06. The Kier molecular flexibility index (Phi) is 3.61. The van der Waals surface area contributed by atoms with E-state index in [1.165, 1.54) is 0 Å². The van der Waals surface area contributed by atoms with Crippen molar-refractivity contribution in [2.45, 2.75) is 19.9 Å². The number of nitrogen functional groups attached to an aromatic ring is 1. The topological polar surface area (TPSA) is 96.1 Å². The number of anilines is 2. The van der Waals surface area contributed by atoms with E-state index in [1.807, 2.05) is 6.92 Å². The van der Waals surface area contributed by atoms with E-state index in [0.29, 0.717) is 17.5 Å². The Bertz CT molecular complexity index is 304. The lowest BCUT2D eigenvalue weighted by atomic mass is 10.3. The summed E-state index contributed by atoms with van der Waals surface area (Å²) in [6.07, 6.45) is 0. The van der Waals surface area contributed by atoms with Crippen LogP contribution in [0.25, 0.3) is 0 Å². The first-order valence-corrected chi connectivity index (χ1v) is 4.35. The van der Waals surface area contributed by atoms with Crippen molar-refractivity contribution in [1.29, 1.82) is 0 Å². The summed E-state index contributed by atoms with van der Waals surface area (Å²) < 4.78 is 0. The standard InChI is InChI=1S/C8H15N5O/c1-5(4-14)10-7-3-8(13-9)12-6(2)11-7/h3,5,14H,4,9H2,1-2H3,(H2,10,11,12,13). The molecule has 0 bridgehead atoms. The van der Waals surface area contributed by atoms with Gasteiger partial charge in [0.05, 0.1) is 6.61 Å². The van der Waals surface area contributed by atoms with Crippen molar-refractivity contribution in [3.05, 3.63) is 11.9 Å². The molecule has 1 heterocycles. The Morgan fingerprint density at radius 1 is 1.50 bits per heavy atom. The normalized spacial score (nSPS) is 12.3. The zero-order valence-electron chi connectivity index (χ0n) is 8.28. The van der Waals surface area contributed by atoms with Gasteiger partial charge in [-0.2, -0.15) is 0 Å². The monoisotopic (exact) mass is 197 g/mol. The molecule has 0 radical (unpaired) electrons. The van der Waals surface area contributed by atoms with Crippen LogP contribution >= 0.6 is 0 Å². The van der Waals surface area contributed by atoms with Crippen molar-refractivity contribution in [2.24, 2.45) is 5.84 Å². The Hall–Kier alpha value is -1.40. The van der Waals surface area contributed by atoms with E-state index < -0.39 is 0 Å². The average molecular weight is 197 g/mol. The van der Waals surface area contributed by atoms with E-state index in [1.54, 1.807) is 13.0 Å². The van der Waals surface area contributed by atoms with Gasteiger partial charge in [-0.15, -0.1) is 0 Å². The number of hydrogen-bond acceptors (Lipinski definition) is 6. The average Bonchev–Trinajstić information content (AvgIpc) is 2.16. The first kappa shape index (κ1) is 10.7. The zero-order valence-corrected chi connectivity index (χ0v) is 8.28. The van der Waals surface area contributed by atoms with E-state index in [9.17, 15) is 0 Å². The Labute approximate surface area is 82.5 Å². The molecule has 6 heteroatoms. The largest absolute Gasteiger partial charge is 0.394 e. The van der Waals surface area contributed by atoms with Gasteiger partial charge >= 0.3 is 0 Å². The maximum atomic E-state index is 8.85. The van der Waals surface area contributed by atoms with Gasteiger partial charge in [0.1, 0.15) is 17.5 Å². The van der Waals surface area contributed by atoms with Crippen LogP contribution in [0.5, 0.6) is 0 Å². The summed E-state index contributed by atoms with van der Waals surface area (Å²) in [5, 5.41) is 11.9. The van der Waals surface area contributed by atoms with Crippen molar-refractivity contribution in [1.82, 2.24) is 9.97 Å². The number of nitrogens with one attached hydrogen (secondary N) is 2. The van der Waals surface area contributed by atoms with Gasteiger partial charge in [0.15, 0.2) is 0 Å². The van der Waals surface area contributed by atoms with Gasteiger partial charge < -0.3 is 15.8 Å². The van der Waals surface area contributed by atoms with Crippen LogP contribution in [0, 0.1) is 6.92 Å². The van der Waals surface area contributed by atoms with Gasteiger partial charge in [-0.05, 0) is 13.8 Å². The lowest BCUT2D eigenvalue weighted by Gasteiger charge is -2.12. The van der Waals surface area contributed by atoms with Crippen LogP contribution in [0.4, 0.5) is 11.6 Å². The van der Waals surface area contributed by atoms with Crippen LogP contribution in [0.3, 0.4) is 0 Å². The summed E-state index contributed by atoms with van der Waals surface area (Å²) in [6, 6.07) is 1.63. The first-order chi connectivity index (χ1) is 6.65. The molecule has 14 heavy (non-hydrogen) atoms. The molecule has 0 saturated heterocycles. The third-order valence-electron chi connectivity index (χ3n) is 1.65. The van der Waals surface area contributed by atoms with Crippen molar-refractivity contribution < 1.29 is 5.11 Å². The van der Waals surface area contributed by atoms with Crippen molar-refractivity contribution in [3.63, 3.8) is 0 Å². The molecule has 0 spiro atoms. The molecule has 0 aromatic carbocycles. The van der Waals surface area contributed by atoms with Crippen LogP contribution in [-0.4, -0.2) is 27.7 Å². The fourth-order valence-corrected chi connectivity index (χ4v) is 1.01. The third-order valence-corrected chi connectivity index (χ3v) is 1.65. The Morgan fingerprint density at radius 3 is 2.71 bits per heavy atom. The van der Waals surface area contributed by atoms with Crippen LogP contribution in [0.15, 0.2) is 6.07 Å². The van der Waals surface area contributed by atoms with Gasteiger partial charge in [-0.3, -0.25) is 0 Å². The van der Waals surface area contributed by atoms with Gasteiger partial charge in [-0.1, -0.05) is 0 Å². The summed E-state index contributed by atoms with van der Waals surface area (Å²) in [5.74, 6) is 7.04. The van der Waals surface area contributed by atoms with Crippen LogP contribution in [-0.2, 0) is 0 Å². The lowest BCUT2D eigenvalue weighted by Crippen LogP contribution is -2.21. The van der Waals surface area contributed by atoms with Crippen LogP contribution in [0.2, 0.25) is 0 Å². The minimum atomic E-state index is -0.0464. The van der Waals surface area contributed by atoms with Crippen molar-refractivity contribution in [3.8, 4) is 0 Å². The number of aliphatic hydroxyl groups excluding tert-OH is 1. The Morgan fingerprint density at radius 2 is 2.14 bits per heavy atom.